The standard InChI is InChI=1S/C24H27N3O5S/c1-3-7-20-18(4-2)23(19-8-5-6-9-21(19)27-20)24(29)32-15-22(28)26-14-16-10-12-17(13-11-16)33(25,30)31/h5-6,8-13H,3-4,7,14-15H2,1-2H3,(H,26,28)(H2,25,30,31). The zero-order valence-electron chi connectivity index (χ0n) is 18.6. The third kappa shape index (κ3) is 5.94. The molecule has 3 N–H and O–H groups in total. The number of para-hydroxylation sites is 1. The third-order valence-electron chi connectivity index (χ3n) is 5.20. The number of pyridine rings is 1. The van der Waals surface area contributed by atoms with Gasteiger partial charge in [-0.1, -0.05) is 50.6 Å². The van der Waals surface area contributed by atoms with Gasteiger partial charge in [0, 0.05) is 17.6 Å². The predicted molar refractivity (Wildman–Crippen MR) is 125 cm³/mol. The minimum atomic E-state index is -3.77. The Balaban J connectivity index is 1.69. The van der Waals surface area contributed by atoms with E-state index in [1.807, 2.05) is 31.2 Å². The van der Waals surface area contributed by atoms with E-state index in [4.69, 9.17) is 14.9 Å². The van der Waals surface area contributed by atoms with Crippen molar-refractivity contribution in [1.82, 2.24) is 10.3 Å². The highest BCUT2D eigenvalue weighted by Crippen LogP contribution is 2.26. The Labute approximate surface area is 193 Å². The molecule has 0 aliphatic rings. The number of carbonyl (C=O) groups is 2. The Morgan fingerprint density at radius 2 is 1.76 bits per heavy atom. The number of ether oxygens (including phenoxy) is 1. The first kappa shape index (κ1) is 24.3. The fourth-order valence-corrected chi connectivity index (χ4v) is 4.13. The van der Waals surface area contributed by atoms with Crippen LogP contribution < -0.4 is 10.5 Å². The summed E-state index contributed by atoms with van der Waals surface area (Å²) in [6.45, 7) is 3.74. The monoisotopic (exact) mass is 469 g/mol. The number of nitrogens with two attached hydrogens (primary N) is 1. The summed E-state index contributed by atoms with van der Waals surface area (Å²) < 4.78 is 28.0. The SMILES string of the molecule is CCCc1nc2ccccc2c(C(=O)OCC(=O)NCc2ccc(S(N)(=O)=O)cc2)c1CC. The van der Waals surface area contributed by atoms with Crippen molar-refractivity contribution < 1.29 is 22.7 Å². The van der Waals surface area contributed by atoms with Crippen LogP contribution in [0, 0.1) is 0 Å². The maximum Gasteiger partial charge on any atom is 0.339 e. The minimum Gasteiger partial charge on any atom is -0.452 e. The number of nitrogens with zero attached hydrogens (tertiary/aromatic N) is 1. The lowest BCUT2D eigenvalue weighted by atomic mass is 9.96. The molecule has 0 fully saturated rings. The fourth-order valence-electron chi connectivity index (χ4n) is 3.61. The van der Waals surface area contributed by atoms with Crippen LogP contribution in [0.25, 0.3) is 10.9 Å². The summed E-state index contributed by atoms with van der Waals surface area (Å²) in [6, 6.07) is 13.2. The van der Waals surface area contributed by atoms with Gasteiger partial charge in [-0.15, -0.1) is 0 Å². The van der Waals surface area contributed by atoms with Crippen LogP contribution in [-0.2, 0) is 38.9 Å². The number of aromatic nitrogens is 1. The maximum atomic E-state index is 13.0. The predicted octanol–water partition coefficient (Wildman–Crippen LogP) is 2.87. The van der Waals surface area contributed by atoms with Crippen LogP contribution in [0.5, 0.6) is 0 Å². The highest BCUT2D eigenvalue weighted by atomic mass is 32.2. The highest BCUT2D eigenvalue weighted by Gasteiger charge is 2.21. The number of aryl methyl sites for hydroxylation is 1. The maximum absolute atomic E-state index is 13.0. The van der Waals surface area contributed by atoms with Gasteiger partial charge in [-0.05, 0) is 42.2 Å². The molecule has 1 amide bonds. The van der Waals surface area contributed by atoms with Crippen molar-refractivity contribution in [3.8, 4) is 0 Å². The molecule has 0 unspecified atom stereocenters. The third-order valence-corrected chi connectivity index (χ3v) is 6.13. The highest BCUT2D eigenvalue weighted by molar-refractivity contribution is 7.89. The average molecular weight is 470 g/mol. The number of nitrogens with one attached hydrogen (secondary N) is 1. The molecular formula is C24H27N3O5S. The smallest absolute Gasteiger partial charge is 0.339 e. The van der Waals surface area contributed by atoms with Crippen LogP contribution in [0.15, 0.2) is 53.4 Å². The lowest BCUT2D eigenvalue weighted by molar-refractivity contribution is -0.124. The van der Waals surface area contributed by atoms with Crippen molar-refractivity contribution in [3.63, 3.8) is 0 Å². The van der Waals surface area contributed by atoms with E-state index in [0.29, 0.717) is 22.9 Å². The molecule has 0 spiro atoms. The molecule has 33 heavy (non-hydrogen) atoms. The number of hydrogen-bond donors (Lipinski definition) is 2. The van der Waals surface area contributed by atoms with Gasteiger partial charge in [0.1, 0.15) is 0 Å². The van der Waals surface area contributed by atoms with Gasteiger partial charge >= 0.3 is 5.97 Å². The molecule has 8 nitrogen and oxygen atoms in total. The number of sulfonamides is 1. The number of carbonyl (C=O) groups excluding carboxylic acids is 2. The first-order chi connectivity index (χ1) is 15.7. The molecule has 3 rings (SSSR count). The minimum absolute atomic E-state index is 0.00902. The van der Waals surface area contributed by atoms with Gasteiger partial charge in [0.15, 0.2) is 6.61 Å². The van der Waals surface area contributed by atoms with Crippen molar-refractivity contribution in [2.75, 3.05) is 6.61 Å². The zero-order chi connectivity index (χ0) is 24.0. The summed E-state index contributed by atoms with van der Waals surface area (Å²) in [5.74, 6) is -1.03. The van der Waals surface area contributed by atoms with Gasteiger partial charge in [0.2, 0.25) is 10.0 Å². The molecule has 0 saturated heterocycles. The summed E-state index contributed by atoms with van der Waals surface area (Å²) in [4.78, 5) is 30.0. The van der Waals surface area contributed by atoms with Crippen LogP contribution in [0.2, 0.25) is 0 Å². The molecule has 1 heterocycles. The number of fused-ring (bicyclic) bond motifs is 1. The van der Waals surface area contributed by atoms with Gasteiger partial charge in [0.25, 0.3) is 5.91 Å². The van der Waals surface area contributed by atoms with E-state index >= 15 is 0 Å². The van der Waals surface area contributed by atoms with E-state index in [1.165, 1.54) is 12.1 Å². The van der Waals surface area contributed by atoms with Crippen LogP contribution in [-0.4, -0.2) is 31.9 Å². The zero-order valence-corrected chi connectivity index (χ0v) is 19.4. The number of rotatable bonds is 9. The van der Waals surface area contributed by atoms with Crippen molar-refractivity contribution in [3.05, 3.63) is 70.9 Å². The molecule has 0 saturated carbocycles. The molecule has 9 heteroatoms. The second-order valence-electron chi connectivity index (χ2n) is 7.57. The molecule has 0 bridgehead atoms. The summed E-state index contributed by atoms with van der Waals surface area (Å²) >= 11 is 0. The number of hydrogen-bond acceptors (Lipinski definition) is 6. The normalized spacial score (nSPS) is 11.4. The van der Waals surface area contributed by atoms with Gasteiger partial charge in [-0.25, -0.2) is 18.4 Å². The number of amides is 1. The average Bonchev–Trinajstić information content (AvgIpc) is 2.80. The summed E-state index contributed by atoms with van der Waals surface area (Å²) in [5.41, 5.74) is 3.57. The second-order valence-corrected chi connectivity index (χ2v) is 9.14. The molecule has 0 aliphatic carbocycles. The summed E-state index contributed by atoms with van der Waals surface area (Å²) in [5, 5.41) is 8.43. The van der Waals surface area contributed by atoms with Crippen molar-refractivity contribution in [2.24, 2.45) is 5.14 Å². The molecule has 2 aromatic carbocycles. The topological polar surface area (TPSA) is 128 Å². The second kappa shape index (κ2) is 10.5. The lowest BCUT2D eigenvalue weighted by Crippen LogP contribution is -2.28. The number of benzene rings is 2. The summed E-state index contributed by atoms with van der Waals surface area (Å²) in [7, 11) is -3.77. The molecule has 1 aromatic heterocycles. The first-order valence-corrected chi connectivity index (χ1v) is 12.2. The molecular weight excluding hydrogens is 442 g/mol. The van der Waals surface area contributed by atoms with Gasteiger partial charge in [-0.2, -0.15) is 0 Å². The van der Waals surface area contributed by atoms with Crippen molar-refractivity contribution in [2.45, 2.75) is 44.6 Å². The molecule has 3 aromatic rings. The van der Waals surface area contributed by atoms with Crippen LogP contribution in [0.4, 0.5) is 0 Å². The summed E-state index contributed by atoms with van der Waals surface area (Å²) in [6.07, 6.45) is 2.27. The number of primary sulfonamides is 1. The molecule has 0 radical (unpaired) electrons. The number of esters is 1. The van der Waals surface area contributed by atoms with Crippen LogP contribution in [0.3, 0.4) is 0 Å². The first-order valence-electron chi connectivity index (χ1n) is 10.7. The molecule has 174 valence electrons. The Bertz CT molecular complexity index is 1270. The van der Waals surface area contributed by atoms with Crippen LogP contribution >= 0.6 is 0 Å². The Kier molecular flexibility index (Phi) is 7.78. The van der Waals surface area contributed by atoms with Gasteiger partial charge in [0.05, 0.1) is 16.0 Å². The van der Waals surface area contributed by atoms with E-state index in [1.54, 1.807) is 12.1 Å². The Hall–Kier alpha value is -3.30. The van der Waals surface area contributed by atoms with E-state index in [0.717, 1.165) is 29.6 Å². The molecule has 0 aliphatic heterocycles. The van der Waals surface area contributed by atoms with Gasteiger partial charge in [-0.3, -0.25) is 9.78 Å². The van der Waals surface area contributed by atoms with Crippen molar-refractivity contribution in [1.29, 1.82) is 0 Å². The van der Waals surface area contributed by atoms with E-state index < -0.39 is 28.5 Å². The van der Waals surface area contributed by atoms with E-state index in [9.17, 15) is 18.0 Å². The van der Waals surface area contributed by atoms with Crippen molar-refractivity contribution >= 4 is 32.8 Å². The van der Waals surface area contributed by atoms with Crippen LogP contribution in [0.1, 0.15) is 47.4 Å². The van der Waals surface area contributed by atoms with E-state index in [2.05, 4.69) is 12.2 Å². The van der Waals surface area contributed by atoms with Gasteiger partial charge < -0.3 is 10.1 Å². The molecule has 0 atom stereocenters. The quantitative estimate of drug-likeness (QED) is 0.464. The largest absolute Gasteiger partial charge is 0.452 e. The van der Waals surface area contributed by atoms with E-state index in [-0.39, 0.29) is 11.4 Å². The Morgan fingerprint density at radius 1 is 1.06 bits per heavy atom. The lowest BCUT2D eigenvalue weighted by Gasteiger charge is -2.15. The Morgan fingerprint density at radius 3 is 2.39 bits per heavy atom. The fraction of sp³-hybridized carbons (Fsp3) is 0.292.